The number of carbonyl (C=O) groups excluding carboxylic acids is 3. The third-order valence-corrected chi connectivity index (χ3v) is 9.83. The number of esters is 1. The summed E-state index contributed by atoms with van der Waals surface area (Å²) in [5.74, 6) is -2.45. The molecular formula is C28H39FO6. The zero-order chi connectivity index (χ0) is 25.8. The van der Waals surface area contributed by atoms with E-state index in [1.54, 1.807) is 6.08 Å². The summed E-state index contributed by atoms with van der Waals surface area (Å²) >= 11 is 0. The number of hydrogen-bond acceptors (Lipinski definition) is 6. The van der Waals surface area contributed by atoms with Gasteiger partial charge in [-0.1, -0.05) is 46.6 Å². The fourth-order valence-electron chi connectivity index (χ4n) is 8.11. The predicted octanol–water partition coefficient (Wildman–Crippen LogP) is 3.88. The average molecular weight is 491 g/mol. The number of allylic oxidation sites excluding steroid dienone is 4. The van der Waals surface area contributed by atoms with E-state index in [9.17, 15) is 24.6 Å². The van der Waals surface area contributed by atoms with Crippen molar-refractivity contribution in [3.8, 4) is 0 Å². The third-order valence-electron chi connectivity index (χ3n) is 9.83. The van der Waals surface area contributed by atoms with E-state index in [-0.39, 0.29) is 42.8 Å². The molecule has 0 amide bonds. The zero-order valence-electron chi connectivity index (χ0n) is 21.3. The number of ketones is 2. The number of Topliss-reactive ketones (excluding diaryl/α,β-unsaturated/α-hetero) is 1. The molecule has 4 aliphatic rings. The van der Waals surface area contributed by atoms with E-state index >= 15 is 4.39 Å². The van der Waals surface area contributed by atoms with Crippen molar-refractivity contribution in [2.75, 3.05) is 6.61 Å². The zero-order valence-corrected chi connectivity index (χ0v) is 21.3. The Bertz CT molecular complexity index is 957. The van der Waals surface area contributed by atoms with Crippen LogP contribution < -0.4 is 0 Å². The SMILES string of the molecule is CCCCCC(=O)OCC(=O)[C@@]1(O)[C@H](C)C[C@H]2C3C[C@H](F)C4=CC(=O)C=CC4(C)C3C(O)CC21C. The lowest BCUT2D eigenvalue weighted by Crippen LogP contribution is -2.63. The number of fused-ring (bicyclic) bond motifs is 5. The lowest BCUT2D eigenvalue weighted by atomic mass is 9.46. The molecule has 5 unspecified atom stereocenters. The van der Waals surface area contributed by atoms with Gasteiger partial charge >= 0.3 is 5.97 Å². The van der Waals surface area contributed by atoms with Gasteiger partial charge in [0.15, 0.2) is 12.4 Å². The molecule has 0 bridgehead atoms. The lowest BCUT2D eigenvalue weighted by Gasteiger charge is -2.60. The minimum atomic E-state index is -1.78. The number of unbranched alkanes of at least 4 members (excludes halogenated alkanes) is 2. The normalized spacial score (nSPS) is 44.2. The molecule has 0 saturated heterocycles. The van der Waals surface area contributed by atoms with Crippen LogP contribution in [0.3, 0.4) is 0 Å². The van der Waals surface area contributed by atoms with E-state index in [1.807, 2.05) is 27.7 Å². The Morgan fingerprint density at radius 1 is 1.23 bits per heavy atom. The van der Waals surface area contributed by atoms with Gasteiger partial charge in [0.05, 0.1) is 6.10 Å². The first-order valence-electron chi connectivity index (χ1n) is 13.1. The molecule has 9 atom stereocenters. The molecule has 4 aliphatic carbocycles. The Balaban J connectivity index is 1.59. The van der Waals surface area contributed by atoms with Crippen molar-refractivity contribution in [3.63, 3.8) is 0 Å². The van der Waals surface area contributed by atoms with E-state index in [1.165, 1.54) is 12.2 Å². The van der Waals surface area contributed by atoms with Crippen LogP contribution in [0, 0.1) is 34.5 Å². The van der Waals surface area contributed by atoms with Gasteiger partial charge in [-0.05, 0) is 61.2 Å². The van der Waals surface area contributed by atoms with Gasteiger partial charge in [-0.2, -0.15) is 0 Å². The van der Waals surface area contributed by atoms with E-state index < -0.39 is 53.0 Å². The Morgan fingerprint density at radius 2 is 1.94 bits per heavy atom. The van der Waals surface area contributed by atoms with E-state index in [0.29, 0.717) is 18.4 Å². The van der Waals surface area contributed by atoms with Crippen LogP contribution in [0.1, 0.15) is 72.6 Å². The molecule has 0 spiro atoms. The summed E-state index contributed by atoms with van der Waals surface area (Å²) in [5.41, 5.74) is -3.14. The van der Waals surface area contributed by atoms with Gasteiger partial charge in [0.25, 0.3) is 0 Å². The molecule has 3 fully saturated rings. The van der Waals surface area contributed by atoms with Crippen LogP contribution >= 0.6 is 0 Å². The van der Waals surface area contributed by atoms with Crippen molar-refractivity contribution in [2.24, 2.45) is 34.5 Å². The van der Waals surface area contributed by atoms with Gasteiger partial charge in [-0.3, -0.25) is 14.4 Å². The largest absolute Gasteiger partial charge is 0.458 e. The van der Waals surface area contributed by atoms with Gasteiger partial charge in [-0.25, -0.2) is 4.39 Å². The van der Waals surface area contributed by atoms with Gasteiger partial charge in [0.1, 0.15) is 11.8 Å². The van der Waals surface area contributed by atoms with Crippen molar-refractivity contribution < 1.29 is 33.7 Å². The molecule has 0 aliphatic heterocycles. The summed E-state index contributed by atoms with van der Waals surface area (Å²) in [6.45, 7) is 7.05. The standard InChI is InChI=1S/C28H39FO6/c1-5-6-7-8-24(33)35-15-23(32)28(34)16(2)11-19-18-13-21(29)20-12-17(30)9-10-26(20,3)25(18)22(31)14-27(19,28)4/h9-10,12,16,18-19,21-22,25,31,34H,5-8,11,13-15H2,1-4H3/t16-,18?,19+,21+,22?,25?,26?,27?,28+/m1/s1. The fourth-order valence-corrected chi connectivity index (χ4v) is 8.11. The average Bonchev–Trinajstić information content (AvgIpc) is 3.00. The first kappa shape index (κ1) is 26.2. The maximum atomic E-state index is 15.5. The Labute approximate surface area is 207 Å². The van der Waals surface area contributed by atoms with Crippen molar-refractivity contribution >= 4 is 17.5 Å². The Morgan fingerprint density at radius 3 is 2.63 bits per heavy atom. The number of rotatable bonds is 7. The van der Waals surface area contributed by atoms with Crippen molar-refractivity contribution in [1.82, 2.24) is 0 Å². The summed E-state index contributed by atoms with van der Waals surface area (Å²) in [6, 6.07) is 0. The molecule has 35 heavy (non-hydrogen) atoms. The molecule has 4 rings (SSSR count). The molecule has 6 nitrogen and oxygen atoms in total. The number of ether oxygens (including phenoxy) is 1. The highest BCUT2D eigenvalue weighted by Crippen LogP contribution is 2.68. The second-order valence-electron chi connectivity index (χ2n) is 11.8. The first-order valence-corrected chi connectivity index (χ1v) is 13.1. The smallest absolute Gasteiger partial charge is 0.306 e. The van der Waals surface area contributed by atoms with Crippen molar-refractivity contribution in [2.45, 2.75) is 90.5 Å². The van der Waals surface area contributed by atoms with Crippen LogP contribution in [0.25, 0.3) is 0 Å². The lowest BCUT2D eigenvalue weighted by molar-refractivity contribution is -0.188. The van der Waals surface area contributed by atoms with Gasteiger partial charge in [0, 0.05) is 23.2 Å². The molecule has 0 aromatic heterocycles. The molecular weight excluding hydrogens is 451 g/mol. The molecule has 0 aromatic carbocycles. The summed E-state index contributed by atoms with van der Waals surface area (Å²) in [6.07, 6.45) is 5.97. The number of hydrogen-bond donors (Lipinski definition) is 2. The second-order valence-corrected chi connectivity index (χ2v) is 11.8. The fraction of sp³-hybridized carbons (Fsp3) is 0.750. The van der Waals surface area contributed by atoms with Crippen molar-refractivity contribution in [3.05, 3.63) is 23.8 Å². The van der Waals surface area contributed by atoms with Crippen LogP contribution in [0.5, 0.6) is 0 Å². The van der Waals surface area contributed by atoms with E-state index in [4.69, 9.17) is 4.74 Å². The summed E-state index contributed by atoms with van der Waals surface area (Å²) in [7, 11) is 0. The molecule has 0 aromatic rings. The first-order chi connectivity index (χ1) is 16.4. The molecule has 7 heteroatoms. The predicted molar refractivity (Wildman–Crippen MR) is 128 cm³/mol. The Kier molecular flexibility index (Phi) is 6.90. The minimum absolute atomic E-state index is 0.147. The van der Waals surface area contributed by atoms with Crippen molar-refractivity contribution in [1.29, 1.82) is 0 Å². The number of halogens is 1. The number of aliphatic hydroxyl groups is 2. The quantitative estimate of drug-likeness (QED) is 0.415. The van der Waals surface area contributed by atoms with Crippen LogP contribution in [0.15, 0.2) is 23.8 Å². The van der Waals surface area contributed by atoms with E-state index in [0.717, 1.165) is 12.8 Å². The molecule has 194 valence electrons. The van der Waals surface area contributed by atoms with Crippen LogP contribution in [0.2, 0.25) is 0 Å². The summed E-state index contributed by atoms with van der Waals surface area (Å²) < 4.78 is 20.7. The highest BCUT2D eigenvalue weighted by Gasteiger charge is 2.71. The van der Waals surface area contributed by atoms with Crippen LogP contribution in [0.4, 0.5) is 4.39 Å². The second kappa shape index (κ2) is 9.22. The monoisotopic (exact) mass is 490 g/mol. The van der Waals surface area contributed by atoms with Crippen LogP contribution in [-0.2, 0) is 19.1 Å². The van der Waals surface area contributed by atoms with Gasteiger partial charge < -0.3 is 14.9 Å². The van der Waals surface area contributed by atoms with E-state index in [2.05, 4.69) is 0 Å². The maximum absolute atomic E-state index is 15.5. The molecule has 0 radical (unpaired) electrons. The highest BCUT2D eigenvalue weighted by molar-refractivity contribution is 6.01. The number of aliphatic hydroxyl groups excluding tert-OH is 1. The molecule has 2 N–H and O–H groups in total. The topological polar surface area (TPSA) is 101 Å². The summed E-state index contributed by atoms with van der Waals surface area (Å²) in [5, 5.41) is 23.3. The maximum Gasteiger partial charge on any atom is 0.306 e. The molecule has 0 heterocycles. The van der Waals surface area contributed by atoms with Gasteiger partial charge in [-0.15, -0.1) is 0 Å². The Hall–Kier alpha value is -1.86. The highest BCUT2D eigenvalue weighted by atomic mass is 19.1. The minimum Gasteiger partial charge on any atom is -0.458 e. The summed E-state index contributed by atoms with van der Waals surface area (Å²) in [4.78, 5) is 37.4. The van der Waals surface area contributed by atoms with Crippen LogP contribution in [-0.4, -0.2) is 52.2 Å². The number of carbonyl (C=O) groups is 3. The molecule has 3 saturated carbocycles. The van der Waals surface area contributed by atoms with Gasteiger partial charge in [0.2, 0.25) is 5.78 Å². The number of alkyl halides is 1. The third kappa shape index (κ3) is 3.93.